The van der Waals surface area contributed by atoms with Crippen molar-refractivity contribution in [2.45, 2.75) is 0 Å². The predicted molar refractivity (Wildman–Crippen MR) is 62.7 cm³/mol. The highest BCUT2D eigenvalue weighted by molar-refractivity contribution is 7.95. The van der Waals surface area contributed by atoms with Gasteiger partial charge in [0.25, 0.3) is 5.56 Å². The van der Waals surface area contributed by atoms with Crippen molar-refractivity contribution >= 4 is 22.5 Å². The lowest BCUT2D eigenvalue weighted by Gasteiger charge is -1.98. The molecule has 0 amide bonds. The highest BCUT2D eigenvalue weighted by Crippen LogP contribution is 2.00. The van der Waals surface area contributed by atoms with Gasteiger partial charge in [0, 0.05) is 13.3 Å². The molecule has 16 heavy (non-hydrogen) atoms. The molecule has 0 spiro atoms. The Balaban J connectivity index is 3.55. The van der Waals surface area contributed by atoms with E-state index in [0.717, 1.165) is 12.5 Å². The lowest BCUT2D eigenvalue weighted by molar-refractivity contribution is 0.609. The Labute approximate surface area is 93.0 Å². The second-order valence-electron chi connectivity index (χ2n) is 3.37. The minimum absolute atomic E-state index is 0.0662. The molecular weight excluding hydrogens is 228 g/mol. The summed E-state index contributed by atoms with van der Waals surface area (Å²) in [6.07, 6.45) is 3.45. The zero-order valence-electron chi connectivity index (χ0n) is 9.10. The minimum atomic E-state index is -3.35. The van der Waals surface area contributed by atoms with Crippen molar-refractivity contribution in [3.05, 3.63) is 38.7 Å². The second-order valence-corrected chi connectivity index (χ2v) is 5.44. The molecule has 1 aromatic heterocycles. The number of sulfone groups is 1. The Morgan fingerprint density at radius 3 is 2.62 bits per heavy atom. The van der Waals surface area contributed by atoms with Crippen LogP contribution in [0.1, 0.15) is 0 Å². The zero-order valence-corrected chi connectivity index (χ0v) is 9.91. The van der Waals surface area contributed by atoms with Gasteiger partial charge in [0.1, 0.15) is 0 Å². The molecule has 0 aliphatic rings. The Morgan fingerprint density at radius 2 is 2.12 bits per heavy atom. The molecule has 0 atom stereocenters. The van der Waals surface area contributed by atoms with Gasteiger partial charge in [-0.1, -0.05) is 13.2 Å². The van der Waals surface area contributed by atoms with Gasteiger partial charge in [0.05, 0.1) is 21.8 Å². The van der Waals surface area contributed by atoms with Gasteiger partial charge in [-0.25, -0.2) is 13.4 Å². The monoisotopic (exact) mass is 240 g/mol. The fraction of sp³-hybridized carbons (Fsp3) is 0.200. The highest BCUT2D eigenvalue weighted by atomic mass is 32.2. The molecule has 1 rings (SSSR count). The normalized spacial score (nSPS) is 12.8. The molecule has 5 nitrogen and oxygen atoms in total. The van der Waals surface area contributed by atoms with Gasteiger partial charge in [0.2, 0.25) is 0 Å². The van der Waals surface area contributed by atoms with Crippen LogP contribution in [0.4, 0.5) is 0 Å². The van der Waals surface area contributed by atoms with Crippen LogP contribution >= 0.6 is 0 Å². The van der Waals surface area contributed by atoms with Gasteiger partial charge in [0.15, 0.2) is 9.84 Å². The van der Waals surface area contributed by atoms with Crippen LogP contribution in [0, 0.1) is 0 Å². The first-order valence-electron chi connectivity index (χ1n) is 4.35. The second kappa shape index (κ2) is 4.05. The summed E-state index contributed by atoms with van der Waals surface area (Å²) < 4.78 is 23.6. The summed E-state index contributed by atoms with van der Waals surface area (Å²) in [5.41, 5.74) is -0.299. The molecule has 6 heteroatoms. The van der Waals surface area contributed by atoms with Crippen molar-refractivity contribution in [1.29, 1.82) is 0 Å². The molecule has 0 aliphatic heterocycles. The maximum absolute atomic E-state index is 11.2. The minimum Gasteiger partial charge on any atom is -0.309 e. The molecule has 1 heterocycles. The Morgan fingerprint density at radius 1 is 1.56 bits per heavy atom. The van der Waals surface area contributed by atoms with Crippen LogP contribution in [-0.2, 0) is 16.9 Å². The zero-order chi connectivity index (χ0) is 12.5. The molecule has 0 saturated heterocycles. The van der Waals surface area contributed by atoms with E-state index in [-0.39, 0.29) is 10.5 Å². The van der Waals surface area contributed by atoms with Crippen LogP contribution < -0.4 is 16.3 Å². The summed E-state index contributed by atoms with van der Waals surface area (Å²) in [7, 11) is -1.81. The first kappa shape index (κ1) is 12.4. The van der Waals surface area contributed by atoms with Crippen LogP contribution in [0.3, 0.4) is 0 Å². The van der Waals surface area contributed by atoms with Crippen LogP contribution in [0.15, 0.2) is 22.5 Å². The standard InChI is InChI=1S/C10H12N2O3S/c1-7(16(4,14)15)5-9-8(2)12(3)10(13)6-11-9/h5-6H,1-2H2,3-4H3. The van der Waals surface area contributed by atoms with Gasteiger partial charge in [-0.05, 0) is 6.08 Å². The third-order valence-corrected chi connectivity index (χ3v) is 3.19. The summed E-state index contributed by atoms with van der Waals surface area (Å²) >= 11 is 0. The predicted octanol–water partition coefficient (Wildman–Crippen LogP) is -1.47. The Bertz CT molecular complexity index is 699. The van der Waals surface area contributed by atoms with E-state index in [2.05, 4.69) is 18.1 Å². The molecular formula is C10H12N2O3S. The summed E-state index contributed by atoms with van der Waals surface area (Å²) in [4.78, 5) is 14.9. The van der Waals surface area contributed by atoms with E-state index in [4.69, 9.17) is 0 Å². The maximum Gasteiger partial charge on any atom is 0.269 e. The van der Waals surface area contributed by atoms with E-state index < -0.39 is 9.84 Å². The lowest BCUT2D eigenvalue weighted by atomic mass is 10.4. The first-order chi connectivity index (χ1) is 7.23. The molecule has 1 aromatic rings. The van der Waals surface area contributed by atoms with Crippen LogP contribution in [0.2, 0.25) is 0 Å². The molecule has 86 valence electrons. The number of aromatic nitrogens is 2. The van der Waals surface area contributed by atoms with Crippen molar-refractivity contribution < 1.29 is 8.42 Å². The molecule has 0 N–H and O–H groups in total. The van der Waals surface area contributed by atoms with Crippen molar-refractivity contribution in [3.8, 4) is 0 Å². The van der Waals surface area contributed by atoms with E-state index >= 15 is 0 Å². The fourth-order valence-electron chi connectivity index (χ4n) is 0.971. The number of rotatable bonds is 2. The smallest absolute Gasteiger partial charge is 0.269 e. The van der Waals surface area contributed by atoms with Crippen molar-refractivity contribution in [1.82, 2.24) is 9.55 Å². The van der Waals surface area contributed by atoms with Crippen LogP contribution in [0.5, 0.6) is 0 Å². The van der Waals surface area contributed by atoms with Crippen molar-refractivity contribution in [2.24, 2.45) is 7.05 Å². The molecule has 0 aromatic carbocycles. The van der Waals surface area contributed by atoms with Gasteiger partial charge in [-0.3, -0.25) is 4.79 Å². The summed E-state index contributed by atoms with van der Waals surface area (Å²) in [5, 5.41) is 0.662. The topological polar surface area (TPSA) is 69.0 Å². The largest absolute Gasteiger partial charge is 0.309 e. The van der Waals surface area contributed by atoms with Crippen molar-refractivity contribution in [2.75, 3.05) is 6.26 Å². The highest BCUT2D eigenvalue weighted by Gasteiger charge is 2.05. The summed E-state index contributed by atoms with van der Waals surface area (Å²) in [6.45, 7) is 7.07. The molecule has 0 unspecified atom stereocenters. The van der Waals surface area contributed by atoms with E-state index in [9.17, 15) is 13.2 Å². The quantitative estimate of drug-likeness (QED) is 0.633. The van der Waals surface area contributed by atoms with Crippen LogP contribution in [0.25, 0.3) is 12.7 Å². The van der Waals surface area contributed by atoms with E-state index in [0.29, 0.717) is 10.7 Å². The van der Waals surface area contributed by atoms with E-state index in [1.807, 2.05) is 0 Å². The Kier molecular flexibility index (Phi) is 3.14. The fourth-order valence-corrected chi connectivity index (χ4v) is 1.30. The number of allylic oxidation sites excluding steroid dienone is 1. The summed E-state index contributed by atoms with van der Waals surface area (Å²) in [6, 6.07) is 0. The third kappa shape index (κ3) is 2.46. The lowest BCUT2D eigenvalue weighted by Crippen LogP contribution is -2.42. The average Bonchev–Trinajstić information content (AvgIpc) is 2.17. The molecule has 0 radical (unpaired) electrons. The van der Waals surface area contributed by atoms with Crippen molar-refractivity contribution in [3.63, 3.8) is 0 Å². The number of hydrogen-bond acceptors (Lipinski definition) is 4. The Hall–Kier alpha value is -1.69. The third-order valence-electron chi connectivity index (χ3n) is 2.12. The van der Waals surface area contributed by atoms with Gasteiger partial charge in [-0.15, -0.1) is 0 Å². The van der Waals surface area contributed by atoms with Gasteiger partial charge < -0.3 is 4.57 Å². The maximum atomic E-state index is 11.2. The number of hydrogen-bond donors (Lipinski definition) is 0. The first-order valence-corrected chi connectivity index (χ1v) is 6.24. The van der Waals surface area contributed by atoms with E-state index in [1.165, 1.54) is 17.7 Å². The molecule has 0 bridgehead atoms. The molecule has 0 saturated carbocycles. The molecule has 0 fully saturated rings. The van der Waals surface area contributed by atoms with Crippen LogP contribution in [-0.4, -0.2) is 24.2 Å². The van der Waals surface area contributed by atoms with Gasteiger partial charge >= 0.3 is 0 Å². The SMILES string of the molecule is C=C(C=c1ncc(=O)n(C)c1=C)S(C)(=O)=O. The average molecular weight is 240 g/mol. The number of nitrogens with zero attached hydrogens (tertiary/aromatic N) is 2. The summed E-state index contributed by atoms with van der Waals surface area (Å²) in [5.74, 6) is 0. The van der Waals surface area contributed by atoms with Gasteiger partial charge in [-0.2, -0.15) is 0 Å². The van der Waals surface area contributed by atoms with E-state index in [1.54, 1.807) is 0 Å². The molecule has 0 aliphatic carbocycles.